The number of carboxylic acid groups (broad SMARTS) is 1. The second kappa shape index (κ2) is 19.5. The van der Waals surface area contributed by atoms with Gasteiger partial charge in [0, 0.05) is 18.5 Å². The molecule has 0 aliphatic heterocycles. The van der Waals surface area contributed by atoms with Crippen LogP contribution in [0.2, 0.25) is 0 Å². The molecule has 0 fully saturated rings. The Balaban J connectivity index is 2.20. The summed E-state index contributed by atoms with van der Waals surface area (Å²) in [4.78, 5) is 64.9. The molecule has 264 valence electrons. The molecule has 4 amide bonds. The lowest BCUT2D eigenvalue weighted by Crippen LogP contribution is -2.59. The molecule has 0 bridgehead atoms. The largest absolute Gasteiger partial charge is 0.480 e. The average Bonchev–Trinajstić information content (AvgIpc) is 3.04. The molecular formula is C36H54N6O6. The molecular weight excluding hydrogens is 612 g/mol. The average molecular weight is 667 g/mol. The van der Waals surface area contributed by atoms with Crippen LogP contribution in [0, 0.1) is 17.8 Å². The standard InChI is InChI=1S/C36H54N6O6/c1-7-23(6)32(35(46)42-31(22(4)5)36(47)48)40-29(43)20-26(37)28(19-25-16-12-9-13-17-25)39-34(45)30(21(2)3)41-33(44)27(38)18-24-14-10-8-11-15-24/h8-17,21-23,26-28,30-32H,7,18-20,37-38H2,1-6H3,(H,39,45)(H,40,43)(H,41,44)(H,42,46)(H,47,48)/t23-,26?,27-,28?,30-,31-,32-/m0/s1. The Morgan fingerprint density at radius 2 is 1.12 bits per heavy atom. The van der Waals surface area contributed by atoms with Crippen molar-refractivity contribution in [3.8, 4) is 0 Å². The summed E-state index contributed by atoms with van der Waals surface area (Å²) in [6, 6.07) is 13.2. The maximum absolute atomic E-state index is 13.7. The minimum atomic E-state index is -1.16. The molecule has 0 aliphatic carbocycles. The first-order valence-corrected chi connectivity index (χ1v) is 16.7. The van der Waals surface area contributed by atoms with E-state index in [0.717, 1.165) is 11.1 Å². The molecule has 0 saturated carbocycles. The van der Waals surface area contributed by atoms with E-state index in [4.69, 9.17) is 11.5 Å². The van der Waals surface area contributed by atoms with E-state index < -0.39 is 65.8 Å². The Hall–Kier alpha value is -4.29. The number of hydrogen-bond donors (Lipinski definition) is 7. The molecule has 0 heterocycles. The molecule has 0 saturated heterocycles. The van der Waals surface area contributed by atoms with Crippen LogP contribution < -0.4 is 32.7 Å². The molecule has 7 atom stereocenters. The molecule has 0 aliphatic rings. The van der Waals surface area contributed by atoms with Gasteiger partial charge < -0.3 is 37.8 Å². The summed E-state index contributed by atoms with van der Waals surface area (Å²) in [5.74, 6) is -4.16. The Labute approximate surface area is 284 Å². The summed E-state index contributed by atoms with van der Waals surface area (Å²) in [6.45, 7) is 10.6. The van der Waals surface area contributed by atoms with Gasteiger partial charge in [0.05, 0.1) is 6.04 Å². The zero-order valence-electron chi connectivity index (χ0n) is 28.9. The third-order valence-corrected chi connectivity index (χ3v) is 8.49. The Morgan fingerprint density at radius 1 is 0.646 bits per heavy atom. The highest BCUT2D eigenvalue weighted by Crippen LogP contribution is 2.14. The maximum atomic E-state index is 13.7. The molecule has 12 nitrogen and oxygen atoms in total. The second-order valence-corrected chi connectivity index (χ2v) is 13.2. The highest BCUT2D eigenvalue weighted by molar-refractivity contribution is 5.91. The number of carboxylic acids is 1. The summed E-state index contributed by atoms with van der Waals surface area (Å²) in [5, 5.41) is 20.6. The normalized spacial score (nSPS) is 15.7. The molecule has 0 aromatic heterocycles. The van der Waals surface area contributed by atoms with Crippen LogP contribution in [-0.4, -0.2) is 71.0 Å². The number of carbonyl (C=O) groups excluding carboxylic acids is 4. The van der Waals surface area contributed by atoms with Crippen LogP contribution in [0.5, 0.6) is 0 Å². The molecule has 9 N–H and O–H groups in total. The van der Waals surface area contributed by atoms with Gasteiger partial charge in [0.2, 0.25) is 23.6 Å². The topological polar surface area (TPSA) is 206 Å². The predicted molar refractivity (Wildman–Crippen MR) is 185 cm³/mol. The summed E-state index contributed by atoms with van der Waals surface area (Å²) in [6.07, 6.45) is 0.927. The fraction of sp³-hybridized carbons (Fsp3) is 0.528. The quantitative estimate of drug-likeness (QED) is 0.118. The SMILES string of the molecule is CC[C@H](C)[C@H](NC(=O)CC(N)C(Cc1ccccc1)NC(=O)[C@@H](NC(=O)[C@@H](N)Cc1ccccc1)C(C)C)C(=O)N[C@H](C(=O)O)C(C)C. The van der Waals surface area contributed by atoms with Crippen LogP contribution in [-0.2, 0) is 36.8 Å². The first-order valence-electron chi connectivity index (χ1n) is 16.7. The zero-order valence-corrected chi connectivity index (χ0v) is 28.9. The molecule has 2 aromatic carbocycles. The Morgan fingerprint density at radius 3 is 1.60 bits per heavy atom. The predicted octanol–water partition coefficient (Wildman–Crippen LogP) is 1.90. The molecule has 0 spiro atoms. The molecule has 0 radical (unpaired) electrons. The van der Waals surface area contributed by atoms with E-state index in [1.807, 2.05) is 67.6 Å². The van der Waals surface area contributed by atoms with Crippen LogP contribution in [0.25, 0.3) is 0 Å². The van der Waals surface area contributed by atoms with Crippen LogP contribution in [0.4, 0.5) is 0 Å². The monoisotopic (exact) mass is 666 g/mol. The number of hydrogen-bond acceptors (Lipinski definition) is 7. The van der Waals surface area contributed by atoms with E-state index in [0.29, 0.717) is 19.3 Å². The molecule has 2 rings (SSSR count). The van der Waals surface area contributed by atoms with Crippen molar-refractivity contribution in [2.24, 2.45) is 29.2 Å². The fourth-order valence-corrected chi connectivity index (χ4v) is 5.25. The van der Waals surface area contributed by atoms with Crippen molar-refractivity contribution in [1.82, 2.24) is 21.3 Å². The Bertz CT molecular complexity index is 1340. The van der Waals surface area contributed by atoms with E-state index in [1.54, 1.807) is 34.6 Å². The van der Waals surface area contributed by atoms with Gasteiger partial charge in [-0.1, -0.05) is 109 Å². The smallest absolute Gasteiger partial charge is 0.326 e. The number of carbonyl (C=O) groups is 5. The number of benzene rings is 2. The van der Waals surface area contributed by atoms with Crippen LogP contribution in [0.1, 0.15) is 65.5 Å². The van der Waals surface area contributed by atoms with E-state index in [9.17, 15) is 29.1 Å². The first kappa shape index (κ1) is 39.9. The fourth-order valence-electron chi connectivity index (χ4n) is 5.25. The van der Waals surface area contributed by atoms with Gasteiger partial charge in [-0.15, -0.1) is 0 Å². The van der Waals surface area contributed by atoms with Crippen molar-refractivity contribution >= 4 is 29.6 Å². The second-order valence-electron chi connectivity index (χ2n) is 13.2. The number of amides is 4. The number of nitrogens with one attached hydrogen (secondary N) is 4. The maximum Gasteiger partial charge on any atom is 0.326 e. The van der Waals surface area contributed by atoms with E-state index >= 15 is 0 Å². The molecule has 2 unspecified atom stereocenters. The van der Waals surface area contributed by atoms with Crippen molar-refractivity contribution in [1.29, 1.82) is 0 Å². The van der Waals surface area contributed by atoms with Gasteiger partial charge in [0.15, 0.2) is 0 Å². The van der Waals surface area contributed by atoms with Gasteiger partial charge in [0.25, 0.3) is 0 Å². The van der Waals surface area contributed by atoms with Gasteiger partial charge in [-0.3, -0.25) is 19.2 Å². The van der Waals surface area contributed by atoms with Crippen molar-refractivity contribution in [3.05, 3.63) is 71.8 Å². The summed E-state index contributed by atoms with van der Waals surface area (Å²) in [5.41, 5.74) is 14.5. The summed E-state index contributed by atoms with van der Waals surface area (Å²) < 4.78 is 0. The van der Waals surface area contributed by atoms with Gasteiger partial charge in [-0.05, 0) is 41.7 Å². The Kier molecular flexibility index (Phi) is 16.2. The van der Waals surface area contributed by atoms with Gasteiger partial charge in [0.1, 0.15) is 18.1 Å². The van der Waals surface area contributed by atoms with Gasteiger partial charge in [-0.25, -0.2) is 4.79 Å². The molecule has 48 heavy (non-hydrogen) atoms. The van der Waals surface area contributed by atoms with Gasteiger partial charge in [-0.2, -0.15) is 0 Å². The number of rotatable bonds is 19. The summed E-state index contributed by atoms with van der Waals surface area (Å²) in [7, 11) is 0. The van der Waals surface area contributed by atoms with Crippen molar-refractivity contribution in [3.63, 3.8) is 0 Å². The molecule has 12 heteroatoms. The van der Waals surface area contributed by atoms with Crippen molar-refractivity contribution < 1.29 is 29.1 Å². The summed E-state index contributed by atoms with van der Waals surface area (Å²) >= 11 is 0. The minimum absolute atomic E-state index is 0.231. The lowest BCUT2D eigenvalue weighted by molar-refractivity contribution is -0.143. The zero-order chi connectivity index (χ0) is 36.0. The third-order valence-electron chi connectivity index (χ3n) is 8.49. The lowest BCUT2D eigenvalue weighted by Gasteiger charge is -2.30. The highest BCUT2D eigenvalue weighted by Gasteiger charge is 2.33. The number of aliphatic carboxylic acids is 1. The van der Waals surface area contributed by atoms with E-state index in [1.165, 1.54) is 0 Å². The van der Waals surface area contributed by atoms with Crippen LogP contribution >= 0.6 is 0 Å². The van der Waals surface area contributed by atoms with Crippen LogP contribution in [0.3, 0.4) is 0 Å². The third kappa shape index (κ3) is 12.7. The lowest BCUT2D eigenvalue weighted by atomic mass is 9.94. The first-order chi connectivity index (χ1) is 22.6. The minimum Gasteiger partial charge on any atom is -0.480 e. The van der Waals surface area contributed by atoms with Crippen molar-refractivity contribution in [2.75, 3.05) is 0 Å². The highest BCUT2D eigenvalue weighted by atomic mass is 16.4. The van der Waals surface area contributed by atoms with E-state index in [-0.39, 0.29) is 24.2 Å². The van der Waals surface area contributed by atoms with Crippen LogP contribution in [0.15, 0.2) is 60.7 Å². The van der Waals surface area contributed by atoms with E-state index in [2.05, 4.69) is 21.3 Å². The number of nitrogens with two attached hydrogens (primary N) is 2. The van der Waals surface area contributed by atoms with Gasteiger partial charge >= 0.3 is 5.97 Å². The van der Waals surface area contributed by atoms with Crippen molar-refractivity contribution in [2.45, 2.75) is 103 Å². The molecule has 2 aromatic rings.